The summed E-state index contributed by atoms with van der Waals surface area (Å²) in [6.07, 6.45) is 13.1. The quantitative estimate of drug-likeness (QED) is 0.770. The van der Waals surface area contributed by atoms with Crippen molar-refractivity contribution in [2.24, 2.45) is 0 Å². The van der Waals surface area contributed by atoms with Crippen molar-refractivity contribution in [3.8, 4) is 0 Å². The van der Waals surface area contributed by atoms with Gasteiger partial charge in [-0.15, -0.1) is 0 Å². The molecule has 0 aliphatic heterocycles. The Bertz CT molecular complexity index is 356. The topological polar surface area (TPSA) is 29.9 Å². The number of rotatable bonds is 7. The molecular weight excluding hydrogens is 242 g/mol. The smallest absolute Gasteiger partial charge is 0.0950 e. The second-order valence-corrected chi connectivity index (χ2v) is 6.58. The highest BCUT2D eigenvalue weighted by molar-refractivity contribution is 8.00. The van der Waals surface area contributed by atoms with Crippen LogP contribution < -0.4 is 5.32 Å². The number of aromatic nitrogens is 2. The summed E-state index contributed by atoms with van der Waals surface area (Å²) in [4.78, 5) is 4.49. The van der Waals surface area contributed by atoms with Crippen molar-refractivity contribution in [2.75, 3.05) is 12.8 Å². The molecule has 1 aliphatic rings. The first-order valence-electron chi connectivity index (χ1n) is 7.04. The Labute approximate surface area is 115 Å². The highest BCUT2D eigenvalue weighted by atomic mass is 32.2. The van der Waals surface area contributed by atoms with Crippen LogP contribution in [0.25, 0.3) is 0 Å². The van der Waals surface area contributed by atoms with Crippen molar-refractivity contribution >= 4 is 11.8 Å². The molecule has 0 spiro atoms. The molecule has 0 amide bonds. The fraction of sp³-hybridized carbons (Fsp3) is 0.786. The van der Waals surface area contributed by atoms with Crippen LogP contribution in [0.4, 0.5) is 0 Å². The zero-order chi connectivity index (χ0) is 12.8. The highest BCUT2D eigenvalue weighted by Crippen LogP contribution is 2.41. The van der Waals surface area contributed by atoms with Gasteiger partial charge in [-0.05, 0) is 32.1 Å². The molecule has 3 nitrogen and oxygen atoms in total. The van der Waals surface area contributed by atoms with Gasteiger partial charge in [0.1, 0.15) is 0 Å². The lowest BCUT2D eigenvalue weighted by atomic mass is 10.1. The maximum atomic E-state index is 4.49. The first kappa shape index (κ1) is 13.9. The van der Waals surface area contributed by atoms with Crippen LogP contribution >= 0.6 is 11.8 Å². The molecule has 18 heavy (non-hydrogen) atoms. The number of hydrogen-bond donors (Lipinski definition) is 1. The van der Waals surface area contributed by atoms with Crippen molar-refractivity contribution in [2.45, 2.75) is 56.9 Å². The van der Waals surface area contributed by atoms with E-state index in [9.17, 15) is 0 Å². The van der Waals surface area contributed by atoms with Gasteiger partial charge in [0.2, 0.25) is 0 Å². The Morgan fingerprint density at radius 3 is 2.89 bits per heavy atom. The first-order valence-corrected chi connectivity index (χ1v) is 8.27. The number of thioether (sulfide) groups is 1. The normalized spacial score (nSPS) is 18.3. The third-order valence-electron chi connectivity index (χ3n) is 3.84. The van der Waals surface area contributed by atoms with Gasteiger partial charge >= 0.3 is 0 Å². The molecule has 1 heterocycles. The van der Waals surface area contributed by atoms with Crippen LogP contribution in [0.3, 0.4) is 0 Å². The molecule has 1 aromatic rings. The van der Waals surface area contributed by atoms with E-state index in [2.05, 4.69) is 34.2 Å². The maximum Gasteiger partial charge on any atom is 0.0950 e. The number of hydrogen-bond acceptors (Lipinski definition) is 3. The molecule has 102 valence electrons. The van der Waals surface area contributed by atoms with E-state index in [0.29, 0.717) is 4.75 Å². The SMILES string of the molecule is CCCNCc1cn(CC2(SC)CCCC2)cn1. The zero-order valence-electron chi connectivity index (χ0n) is 11.6. The van der Waals surface area contributed by atoms with Crippen LogP contribution in [0, 0.1) is 0 Å². The van der Waals surface area contributed by atoms with E-state index in [4.69, 9.17) is 0 Å². The van der Waals surface area contributed by atoms with Gasteiger partial charge in [-0.1, -0.05) is 19.8 Å². The minimum absolute atomic E-state index is 0.467. The fourth-order valence-corrected chi connectivity index (χ4v) is 3.73. The molecule has 2 rings (SSSR count). The number of nitrogens with one attached hydrogen (secondary N) is 1. The van der Waals surface area contributed by atoms with Crippen LogP contribution in [0.5, 0.6) is 0 Å². The van der Waals surface area contributed by atoms with Crippen LogP contribution in [0.2, 0.25) is 0 Å². The van der Waals surface area contributed by atoms with Crippen molar-refractivity contribution in [1.82, 2.24) is 14.9 Å². The molecule has 0 radical (unpaired) electrons. The van der Waals surface area contributed by atoms with Crippen molar-refractivity contribution in [3.63, 3.8) is 0 Å². The van der Waals surface area contributed by atoms with Crippen molar-refractivity contribution in [1.29, 1.82) is 0 Å². The van der Waals surface area contributed by atoms with Crippen LogP contribution in [-0.2, 0) is 13.1 Å². The number of imidazole rings is 1. The summed E-state index contributed by atoms with van der Waals surface area (Å²) >= 11 is 2.04. The Hall–Kier alpha value is -0.480. The third-order valence-corrected chi connectivity index (χ3v) is 5.24. The van der Waals surface area contributed by atoms with Gasteiger partial charge in [0.05, 0.1) is 12.0 Å². The average molecular weight is 267 g/mol. The lowest BCUT2D eigenvalue weighted by Gasteiger charge is -2.26. The summed E-state index contributed by atoms with van der Waals surface area (Å²) in [5, 5.41) is 3.40. The Kier molecular flexibility index (Phi) is 5.13. The molecule has 1 aliphatic carbocycles. The Morgan fingerprint density at radius 1 is 1.44 bits per heavy atom. The van der Waals surface area contributed by atoms with Crippen molar-refractivity contribution < 1.29 is 0 Å². The predicted octanol–water partition coefficient (Wildman–Crippen LogP) is 3.06. The summed E-state index contributed by atoms with van der Waals surface area (Å²) < 4.78 is 2.75. The van der Waals surface area contributed by atoms with Gasteiger partial charge in [0.15, 0.2) is 0 Å². The highest BCUT2D eigenvalue weighted by Gasteiger charge is 2.33. The Balaban J connectivity index is 1.89. The second kappa shape index (κ2) is 6.62. The van der Waals surface area contributed by atoms with E-state index in [1.807, 2.05) is 18.1 Å². The molecule has 1 aromatic heterocycles. The lowest BCUT2D eigenvalue weighted by molar-refractivity contribution is 0.505. The van der Waals surface area contributed by atoms with Crippen LogP contribution in [0.1, 0.15) is 44.7 Å². The van der Waals surface area contributed by atoms with E-state index in [1.54, 1.807) is 0 Å². The summed E-state index contributed by atoms with van der Waals surface area (Å²) in [5.74, 6) is 0. The molecule has 4 heteroatoms. The minimum Gasteiger partial charge on any atom is -0.336 e. The molecule has 1 N–H and O–H groups in total. The van der Waals surface area contributed by atoms with E-state index in [1.165, 1.54) is 32.1 Å². The standard InChI is InChI=1S/C14H25N3S/c1-3-8-15-9-13-10-17(12-16-13)11-14(18-2)6-4-5-7-14/h10,12,15H,3-9,11H2,1-2H3. The van der Waals surface area contributed by atoms with Crippen LogP contribution in [-0.4, -0.2) is 27.1 Å². The van der Waals surface area contributed by atoms with Gasteiger partial charge in [0.25, 0.3) is 0 Å². The summed E-state index contributed by atoms with van der Waals surface area (Å²) in [6, 6.07) is 0. The lowest BCUT2D eigenvalue weighted by Crippen LogP contribution is -2.26. The molecule has 1 saturated carbocycles. The van der Waals surface area contributed by atoms with Gasteiger partial charge in [-0.2, -0.15) is 11.8 Å². The third kappa shape index (κ3) is 3.51. The van der Waals surface area contributed by atoms with E-state index >= 15 is 0 Å². The monoisotopic (exact) mass is 267 g/mol. The number of nitrogens with zero attached hydrogens (tertiary/aromatic N) is 2. The summed E-state index contributed by atoms with van der Waals surface area (Å²) in [5.41, 5.74) is 1.16. The fourth-order valence-electron chi connectivity index (χ4n) is 2.76. The zero-order valence-corrected chi connectivity index (χ0v) is 12.4. The summed E-state index contributed by atoms with van der Waals surface area (Å²) in [6.45, 7) is 5.28. The van der Waals surface area contributed by atoms with E-state index in [-0.39, 0.29) is 0 Å². The molecule has 0 bridgehead atoms. The molecule has 0 saturated heterocycles. The molecule has 0 aromatic carbocycles. The summed E-state index contributed by atoms with van der Waals surface area (Å²) in [7, 11) is 0. The largest absolute Gasteiger partial charge is 0.336 e. The van der Waals surface area contributed by atoms with E-state index < -0.39 is 0 Å². The molecule has 0 atom stereocenters. The Morgan fingerprint density at radius 2 is 2.22 bits per heavy atom. The predicted molar refractivity (Wildman–Crippen MR) is 78.9 cm³/mol. The average Bonchev–Trinajstić information content (AvgIpc) is 3.01. The molecule has 0 unspecified atom stereocenters. The van der Waals surface area contributed by atoms with Gasteiger partial charge in [-0.3, -0.25) is 0 Å². The van der Waals surface area contributed by atoms with Crippen LogP contribution in [0.15, 0.2) is 12.5 Å². The van der Waals surface area contributed by atoms with Gasteiger partial charge in [-0.25, -0.2) is 4.98 Å². The molecular formula is C14H25N3S. The maximum absolute atomic E-state index is 4.49. The second-order valence-electron chi connectivity index (χ2n) is 5.31. The van der Waals surface area contributed by atoms with E-state index in [0.717, 1.165) is 25.3 Å². The van der Waals surface area contributed by atoms with Gasteiger partial charge < -0.3 is 9.88 Å². The molecule has 1 fully saturated rings. The first-order chi connectivity index (χ1) is 8.78. The minimum atomic E-state index is 0.467. The van der Waals surface area contributed by atoms with Gasteiger partial charge in [0, 0.05) is 24.0 Å². The van der Waals surface area contributed by atoms with Crippen molar-refractivity contribution in [3.05, 3.63) is 18.2 Å².